The summed E-state index contributed by atoms with van der Waals surface area (Å²) in [4.78, 5) is 36.8. The molecule has 0 saturated heterocycles. The van der Waals surface area contributed by atoms with Crippen LogP contribution < -0.4 is 0 Å². The molecule has 54 heavy (non-hydrogen) atoms. The van der Waals surface area contributed by atoms with Crippen molar-refractivity contribution in [1.29, 1.82) is 0 Å². The lowest BCUT2D eigenvalue weighted by molar-refractivity contribution is -0.887. The first-order valence-corrected chi connectivity index (χ1v) is 20.0. The maximum absolute atomic E-state index is 12.6. The highest BCUT2D eigenvalue weighted by molar-refractivity contribution is 5.72. The Kier molecular flexibility index (Phi) is 33.3. The van der Waals surface area contributed by atoms with Crippen LogP contribution >= 0.6 is 0 Å². The second kappa shape index (κ2) is 36.0. The molecule has 0 rings (SSSR count). The van der Waals surface area contributed by atoms with Gasteiger partial charge in [-0.2, -0.15) is 0 Å². The summed E-state index contributed by atoms with van der Waals surface area (Å²) < 4.78 is 17.1. The summed E-state index contributed by atoms with van der Waals surface area (Å²) in [5, 5.41) is 9.59. The van der Waals surface area contributed by atoms with E-state index in [0.717, 1.165) is 51.4 Å². The third-order valence-corrected chi connectivity index (χ3v) is 8.13. The lowest BCUT2D eigenvalue weighted by Gasteiger charge is -2.31. The molecule has 2 atom stereocenters. The molecule has 2 unspecified atom stereocenters. The number of hydrogen-bond donors (Lipinski definition) is 1. The molecule has 0 aliphatic rings. The van der Waals surface area contributed by atoms with E-state index < -0.39 is 18.1 Å². The summed E-state index contributed by atoms with van der Waals surface area (Å²) in [5.41, 5.74) is 0. The van der Waals surface area contributed by atoms with Gasteiger partial charge < -0.3 is 23.8 Å². The number of quaternary nitrogens is 1. The summed E-state index contributed by atoms with van der Waals surface area (Å²) >= 11 is 0. The van der Waals surface area contributed by atoms with Crippen LogP contribution in [0.25, 0.3) is 0 Å². The van der Waals surface area contributed by atoms with Crippen molar-refractivity contribution in [1.82, 2.24) is 0 Å². The number of likely N-dealkylation sites (N-methyl/N-ethyl adjacent to an activating group) is 1. The fourth-order valence-electron chi connectivity index (χ4n) is 4.99. The van der Waals surface area contributed by atoms with E-state index in [1.165, 1.54) is 12.8 Å². The Morgan fingerprint density at radius 1 is 0.574 bits per heavy atom. The lowest BCUT2D eigenvalue weighted by Crippen LogP contribution is -2.50. The summed E-state index contributed by atoms with van der Waals surface area (Å²) in [6.07, 6.45) is 48.5. The van der Waals surface area contributed by atoms with Crippen LogP contribution in [0.15, 0.2) is 109 Å². The molecular weight excluding hydrogens is 679 g/mol. The van der Waals surface area contributed by atoms with Crippen LogP contribution in [-0.2, 0) is 28.6 Å². The van der Waals surface area contributed by atoms with Crippen LogP contribution in [0.1, 0.15) is 110 Å². The van der Waals surface area contributed by atoms with Crippen molar-refractivity contribution >= 4 is 17.9 Å². The van der Waals surface area contributed by atoms with Crippen LogP contribution in [-0.4, -0.2) is 80.6 Å². The van der Waals surface area contributed by atoms with Crippen LogP contribution in [0.5, 0.6) is 0 Å². The van der Waals surface area contributed by atoms with E-state index in [1.807, 2.05) is 94.1 Å². The van der Waals surface area contributed by atoms with E-state index in [9.17, 15) is 19.5 Å². The van der Waals surface area contributed by atoms with E-state index in [0.29, 0.717) is 19.3 Å². The van der Waals surface area contributed by atoms with Crippen LogP contribution in [0.4, 0.5) is 0 Å². The van der Waals surface area contributed by atoms with Crippen molar-refractivity contribution in [2.75, 3.05) is 41.0 Å². The van der Waals surface area contributed by atoms with Gasteiger partial charge >= 0.3 is 17.9 Å². The standard InChI is InChI=1S/C46H71NO7/c1-6-8-10-12-14-16-18-19-20-21-22-23-24-25-27-28-30-32-34-36-44(48)53-41-42(40-52-39-38-43(46(50)51)47(3,4)5)54-45(49)37-35-33-31-29-26-17-15-13-11-9-7-2/h8,10,12-27,42-43H,6-7,9,11,28-41H2,1-5H3/p+1/b10-8+,14-12+,15-13+,18-16+,20-19+,22-21+,24-23+,26-17+,27-25+. The molecule has 8 nitrogen and oxygen atoms in total. The highest BCUT2D eigenvalue weighted by atomic mass is 16.6. The first-order valence-electron chi connectivity index (χ1n) is 20.0. The Hall–Kier alpha value is -4.01. The average molecular weight is 751 g/mol. The minimum Gasteiger partial charge on any atom is -0.477 e. The quantitative estimate of drug-likeness (QED) is 0.0309. The van der Waals surface area contributed by atoms with Gasteiger partial charge in [0, 0.05) is 19.3 Å². The molecule has 0 radical (unpaired) electrons. The minimum atomic E-state index is -0.893. The molecular formula is C46H72NO7+. The largest absolute Gasteiger partial charge is 0.477 e. The number of nitrogens with zero attached hydrogens (tertiary/aromatic N) is 1. The number of aliphatic carboxylic acids is 1. The molecule has 8 heteroatoms. The molecule has 0 aliphatic carbocycles. The summed E-state index contributed by atoms with van der Waals surface area (Å²) in [5.74, 6) is -1.59. The number of carboxylic acids is 1. The van der Waals surface area contributed by atoms with Gasteiger partial charge in [0.25, 0.3) is 0 Å². The number of unbranched alkanes of at least 4 members (excludes halogenated alkanes) is 8. The Balaban J connectivity index is 4.55. The zero-order valence-corrected chi connectivity index (χ0v) is 34.1. The molecule has 0 fully saturated rings. The third-order valence-electron chi connectivity index (χ3n) is 8.13. The van der Waals surface area contributed by atoms with Gasteiger partial charge in [0.1, 0.15) is 6.61 Å². The lowest BCUT2D eigenvalue weighted by atomic mass is 10.1. The van der Waals surface area contributed by atoms with Gasteiger partial charge in [0.15, 0.2) is 12.1 Å². The SMILES string of the molecule is CC/C=C/C=C/C=C/C=C/C=C/C=C/C=C/CCCCCC(=O)OCC(COCCC(C(=O)O)[N+](C)(C)C)OC(=O)CCCCC/C=C/C=C/CCCC. The molecule has 0 spiro atoms. The first-order chi connectivity index (χ1) is 26.1. The van der Waals surface area contributed by atoms with Crippen LogP contribution in [0.3, 0.4) is 0 Å². The molecule has 302 valence electrons. The van der Waals surface area contributed by atoms with E-state index in [4.69, 9.17) is 14.2 Å². The molecule has 0 heterocycles. The highest BCUT2D eigenvalue weighted by Gasteiger charge is 2.31. The summed E-state index contributed by atoms with van der Waals surface area (Å²) in [6, 6.07) is -0.633. The van der Waals surface area contributed by atoms with Gasteiger partial charge in [0.05, 0.1) is 34.4 Å². The fraction of sp³-hybridized carbons (Fsp3) is 0.543. The van der Waals surface area contributed by atoms with E-state index in [1.54, 1.807) is 0 Å². The van der Waals surface area contributed by atoms with Crippen molar-refractivity contribution in [2.45, 2.75) is 122 Å². The highest BCUT2D eigenvalue weighted by Crippen LogP contribution is 2.11. The number of esters is 2. The number of carbonyl (C=O) groups is 3. The molecule has 0 bridgehead atoms. The van der Waals surface area contributed by atoms with Gasteiger partial charge in [-0.15, -0.1) is 0 Å². The minimum absolute atomic E-state index is 0.0267. The maximum atomic E-state index is 12.6. The smallest absolute Gasteiger partial charge is 0.362 e. The third kappa shape index (κ3) is 33.8. The van der Waals surface area contributed by atoms with Gasteiger partial charge in [-0.25, -0.2) is 4.79 Å². The molecule has 0 aliphatic heterocycles. The second-order valence-corrected chi connectivity index (χ2v) is 14.0. The fourth-order valence-corrected chi connectivity index (χ4v) is 4.99. The Morgan fingerprint density at radius 2 is 1.04 bits per heavy atom. The van der Waals surface area contributed by atoms with E-state index in [2.05, 4.69) is 50.3 Å². The number of ether oxygens (including phenoxy) is 3. The van der Waals surface area contributed by atoms with Gasteiger partial charge in [-0.3, -0.25) is 9.59 Å². The molecule has 0 saturated carbocycles. The first kappa shape index (κ1) is 50.0. The summed E-state index contributed by atoms with van der Waals surface area (Å²) in [6.45, 7) is 4.41. The number of carbonyl (C=O) groups excluding carboxylic acids is 2. The van der Waals surface area contributed by atoms with Crippen molar-refractivity contribution in [2.24, 2.45) is 0 Å². The van der Waals surface area contributed by atoms with Crippen molar-refractivity contribution < 1.29 is 38.2 Å². The summed E-state index contributed by atoms with van der Waals surface area (Å²) in [7, 11) is 5.48. The maximum Gasteiger partial charge on any atom is 0.362 e. The Labute approximate surface area is 328 Å². The topological polar surface area (TPSA) is 99.1 Å². The van der Waals surface area contributed by atoms with Gasteiger partial charge in [0.2, 0.25) is 0 Å². The zero-order chi connectivity index (χ0) is 40.0. The number of rotatable bonds is 33. The predicted molar refractivity (Wildman–Crippen MR) is 224 cm³/mol. The number of carboxylic acid groups (broad SMARTS) is 1. The van der Waals surface area contributed by atoms with E-state index >= 15 is 0 Å². The van der Waals surface area contributed by atoms with Crippen molar-refractivity contribution in [3.8, 4) is 0 Å². The second-order valence-electron chi connectivity index (χ2n) is 14.0. The normalized spacial score (nSPS) is 14.2. The average Bonchev–Trinajstić information content (AvgIpc) is 3.12. The number of hydrogen-bond acceptors (Lipinski definition) is 6. The molecule has 0 aromatic heterocycles. The molecule has 0 aromatic rings. The van der Waals surface area contributed by atoms with Gasteiger partial charge in [-0.1, -0.05) is 149 Å². The zero-order valence-electron chi connectivity index (χ0n) is 34.1. The molecule has 1 N–H and O–H groups in total. The Morgan fingerprint density at radius 3 is 1.52 bits per heavy atom. The van der Waals surface area contributed by atoms with Crippen LogP contribution in [0, 0.1) is 0 Å². The van der Waals surface area contributed by atoms with Crippen LogP contribution in [0.2, 0.25) is 0 Å². The van der Waals surface area contributed by atoms with Crippen molar-refractivity contribution in [3.05, 3.63) is 109 Å². The monoisotopic (exact) mass is 751 g/mol. The molecule has 0 amide bonds. The van der Waals surface area contributed by atoms with Gasteiger partial charge in [-0.05, 0) is 51.4 Å². The van der Waals surface area contributed by atoms with E-state index in [-0.39, 0.29) is 49.1 Å². The molecule has 0 aromatic carbocycles. The van der Waals surface area contributed by atoms with Crippen molar-refractivity contribution in [3.63, 3.8) is 0 Å². The number of allylic oxidation sites excluding steroid dienone is 18. The Bertz CT molecular complexity index is 1240. The predicted octanol–water partition coefficient (Wildman–Crippen LogP) is 10.5.